The van der Waals surface area contributed by atoms with Gasteiger partial charge in [0.15, 0.2) is 22.3 Å². The van der Waals surface area contributed by atoms with Crippen molar-refractivity contribution in [1.29, 1.82) is 0 Å². The van der Waals surface area contributed by atoms with Crippen LogP contribution in [0.15, 0.2) is 154 Å². The highest BCUT2D eigenvalue weighted by Gasteiger charge is 2.24. The van der Waals surface area contributed by atoms with E-state index >= 15 is 0 Å². The van der Waals surface area contributed by atoms with E-state index in [9.17, 15) is 0 Å². The molecule has 0 amide bonds. The fraction of sp³-hybridized carbons (Fsp3) is 0.0455. The van der Waals surface area contributed by atoms with Crippen LogP contribution in [0.3, 0.4) is 0 Å². The van der Waals surface area contributed by atoms with Crippen LogP contribution in [0, 0.1) is 13.8 Å². The fourth-order valence-electron chi connectivity index (χ4n) is 7.75. The Balaban J connectivity index is 1.46. The first-order valence-electron chi connectivity index (χ1n) is 16.4. The van der Waals surface area contributed by atoms with Crippen LogP contribution >= 0.6 is 0 Å². The number of aryl methyl sites for hydroxylation is 2. The third-order valence-electron chi connectivity index (χ3n) is 9.80. The highest BCUT2D eigenvalue weighted by Crippen LogP contribution is 2.44. The van der Waals surface area contributed by atoms with Gasteiger partial charge in [-0.3, -0.25) is 0 Å². The SMILES string of the molecule is Cc1cccc(C)c1-c1ccc2c(c1)c1c3oc4ccccc4n(-c4ccccc4)c3cc3oc4c(-c5ccccc5)cccc4n2c31. The van der Waals surface area contributed by atoms with E-state index < -0.39 is 0 Å². The van der Waals surface area contributed by atoms with Gasteiger partial charge < -0.3 is 17.8 Å². The molecule has 0 fully saturated rings. The fourth-order valence-corrected chi connectivity index (χ4v) is 7.75. The summed E-state index contributed by atoms with van der Waals surface area (Å²) in [6.45, 7) is 4.38. The van der Waals surface area contributed by atoms with Gasteiger partial charge in [-0.2, -0.15) is 0 Å². The number of para-hydroxylation sites is 4. The highest BCUT2D eigenvalue weighted by molar-refractivity contribution is 6.25. The van der Waals surface area contributed by atoms with Crippen molar-refractivity contribution in [3.05, 3.63) is 157 Å². The van der Waals surface area contributed by atoms with Gasteiger partial charge >= 0.3 is 0 Å². The summed E-state index contributed by atoms with van der Waals surface area (Å²) in [6, 6.07) is 51.2. The lowest BCUT2D eigenvalue weighted by Crippen LogP contribution is -2.00. The normalized spacial score (nSPS) is 12.0. The molecule has 48 heavy (non-hydrogen) atoms. The van der Waals surface area contributed by atoms with Gasteiger partial charge in [0.25, 0.3) is 0 Å². The predicted molar refractivity (Wildman–Crippen MR) is 198 cm³/mol. The summed E-state index contributed by atoms with van der Waals surface area (Å²) in [5, 5.41) is 2.16. The monoisotopic (exact) mass is 618 g/mol. The molecule has 4 heteroatoms. The predicted octanol–water partition coefficient (Wildman–Crippen LogP) is 12.2. The smallest absolute Gasteiger partial charge is 0.161 e. The molecule has 4 nitrogen and oxygen atoms in total. The van der Waals surface area contributed by atoms with Gasteiger partial charge in [0, 0.05) is 22.7 Å². The summed E-state index contributed by atoms with van der Waals surface area (Å²) in [7, 11) is 0. The molecule has 0 aliphatic heterocycles. The van der Waals surface area contributed by atoms with Gasteiger partial charge in [-0.25, -0.2) is 0 Å². The summed E-state index contributed by atoms with van der Waals surface area (Å²) in [5.41, 5.74) is 16.5. The standard InChI is InChI=1S/C44H30N2O2/c1-27-13-11-14-28(2)40(27)30-23-24-34-33(25-30)41-42-39(48-43-32(29-15-5-3-6-16-29)19-12-21-36(43)46(34)42)26-37-44(41)47-38-22-10-9-20-35(38)45(37)31-17-7-4-8-18-31/h3-26H,1-2H3. The topological polar surface area (TPSA) is 35.6 Å². The third kappa shape index (κ3) is 3.77. The van der Waals surface area contributed by atoms with Gasteiger partial charge in [0.05, 0.1) is 27.5 Å². The molecule has 0 N–H and O–H groups in total. The number of hydrogen-bond donors (Lipinski definition) is 0. The Kier molecular flexibility index (Phi) is 5.67. The maximum absolute atomic E-state index is 7.05. The molecule has 10 rings (SSSR count). The van der Waals surface area contributed by atoms with E-state index in [2.05, 4.69) is 156 Å². The first kappa shape index (κ1) is 26.9. The number of nitrogens with zero attached hydrogens (tertiary/aromatic N) is 2. The zero-order valence-electron chi connectivity index (χ0n) is 26.6. The van der Waals surface area contributed by atoms with Crippen molar-refractivity contribution in [2.24, 2.45) is 0 Å². The lowest BCUT2D eigenvalue weighted by molar-refractivity contribution is 0.649. The minimum Gasteiger partial charge on any atom is -0.452 e. The molecule has 0 radical (unpaired) electrons. The molecule has 0 saturated heterocycles. The molecule has 0 aliphatic rings. The van der Waals surface area contributed by atoms with Crippen LogP contribution in [0.2, 0.25) is 0 Å². The van der Waals surface area contributed by atoms with Gasteiger partial charge in [0.1, 0.15) is 5.52 Å². The van der Waals surface area contributed by atoms with E-state index in [0.717, 1.165) is 77.5 Å². The highest BCUT2D eigenvalue weighted by atomic mass is 16.3. The molecule has 10 aromatic rings. The number of benzene rings is 7. The maximum atomic E-state index is 7.05. The average molecular weight is 619 g/mol. The second kappa shape index (κ2) is 10.1. The van der Waals surface area contributed by atoms with Crippen LogP contribution in [-0.4, -0.2) is 8.97 Å². The average Bonchev–Trinajstić information content (AvgIpc) is 3.47. The second-order valence-electron chi connectivity index (χ2n) is 12.6. The summed E-state index contributed by atoms with van der Waals surface area (Å²) in [4.78, 5) is 0. The first-order chi connectivity index (χ1) is 23.7. The van der Waals surface area contributed by atoms with Crippen molar-refractivity contribution >= 4 is 60.7 Å². The van der Waals surface area contributed by atoms with Crippen molar-refractivity contribution < 1.29 is 8.83 Å². The van der Waals surface area contributed by atoms with Crippen LogP contribution in [0.4, 0.5) is 0 Å². The Morgan fingerprint density at radius 1 is 0.479 bits per heavy atom. The molecule has 0 aliphatic carbocycles. The molecule has 7 aromatic carbocycles. The van der Waals surface area contributed by atoms with Crippen molar-refractivity contribution in [1.82, 2.24) is 8.97 Å². The zero-order valence-corrected chi connectivity index (χ0v) is 26.6. The maximum Gasteiger partial charge on any atom is 0.161 e. The molecule has 3 heterocycles. The van der Waals surface area contributed by atoms with Gasteiger partial charge in [-0.05, 0) is 84.1 Å². The van der Waals surface area contributed by atoms with Crippen molar-refractivity contribution in [3.8, 4) is 27.9 Å². The minimum absolute atomic E-state index is 0.799. The van der Waals surface area contributed by atoms with E-state index in [1.165, 1.54) is 22.3 Å². The summed E-state index contributed by atoms with van der Waals surface area (Å²) >= 11 is 0. The van der Waals surface area contributed by atoms with E-state index in [0.29, 0.717) is 0 Å². The largest absolute Gasteiger partial charge is 0.452 e. The quantitative estimate of drug-likeness (QED) is 0.185. The number of hydrogen-bond acceptors (Lipinski definition) is 2. The Labute approximate surface area is 276 Å². The van der Waals surface area contributed by atoms with Crippen LogP contribution in [0.1, 0.15) is 11.1 Å². The van der Waals surface area contributed by atoms with E-state index in [-0.39, 0.29) is 0 Å². The summed E-state index contributed by atoms with van der Waals surface area (Å²) in [5.74, 6) is 0. The van der Waals surface area contributed by atoms with Crippen molar-refractivity contribution in [2.75, 3.05) is 0 Å². The Hall–Kier alpha value is -6.26. The third-order valence-corrected chi connectivity index (χ3v) is 9.80. The van der Waals surface area contributed by atoms with Gasteiger partial charge in [0.2, 0.25) is 0 Å². The molecule has 3 aromatic heterocycles. The Morgan fingerprint density at radius 2 is 1.17 bits per heavy atom. The van der Waals surface area contributed by atoms with E-state index in [1.807, 2.05) is 12.1 Å². The molecular weight excluding hydrogens is 588 g/mol. The van der Waals surface area contributed by atoms with Gasteiger partial charge in [-0.1, -0.05) is 97.1 Å². The Bertz CT molecular complexity index is 2880. The van der Waals surface area contributed by atoms with Crippen LogP contribution in [0.25, 0.3) is 88.6 Å². The van der Waals surface area contributed by atoms with Crippen LogP contribution in [0.5, 0.6) is 0 Å². The summed E-state index contributed by atoms with van der Waals surface area (Å²) in [6.07, 6.45) is 0. The van der Waals surface area contributed by atoms with Crippen molar-refractivity contribution in [2.45, 2.75) is 13.8 Å². The van der Waals surface area contributed by atoms with Crippen molar-refractivity contribution in [3.63, 3.8) is 0 Å². The molecular formula is C44H30N2O2. The number of fused-ring (bicyclic) bond motifs is 8. The minimum atomic E-state index is 0.799. The molecule has 228 valence electrons. The van der Waals surface area contributed by atoms with E-state index in [1.54, 1.807) is 0 Å². The lowest BCUT2D eigenvalue weighted by Gasteiger charge is -2.17. The molecule has 0 unspecified atom stereocenters. The number of aromatic nitrogens is 2. The molecule has 0 bridgehead atoms. The summed E-state index contributed by atoms with van der Waals surface area (Å²) < 4.78 is 18.7. The number of rotatable bonds is 3. The Morgan fingerprint density at radius 3 is 1.98 bits per heavy atom. The van der Waals surface area contributed by atoms with Crippen LogP contribution < -0.4 is 0 Å². The lowest BCUT2D eigenvalue weighted by atomic mass is 9.94. The second-order valence-corrected chi connectivity index (χ2v) is 12.6. The first-order valence-corrected chi connectivity index (χ1v) is 16.4. The molecule has 0 saturated carbocycles. The van der Waals surface area contributed by atoms with E-state index in [4.69, 9.17) is 8.83 Å². The molecule has 0 spiro atoms. The van der Waals surface area contributed by atoms with Crippen LogP contribution in [-0.2, 0) is 0 Å². The molecule has 0 atom stereocenters. The van der Waals surface area contributed by atoms with Gasteiger partial charge in [-0.15, -0.1) is 0 Å². The zero-order chi connectivity index (χ0) is 31.9.